The zero-order valence-corrected chi connectivity index (χ0v) is 17.5. The molecule has 4 heteroatoms. The van der Waals surface area contributed by atoms with Crippen molar-refractivity contribution >= 4 is 32.2 Å². The topological polar surface area (TPSA) is 38.7 Å². The van der Waals surface area contributed by atoms with Crippen molar-refractivity contribution in [3.63, 3.8) is 0 Å². The molecule has 0 spiro atoms. The first-order valence-electron chi connectivity index (χ1n) is 9.68. The van der Waals surface area contributed by atoms with Crippen molar-refractivity contribution in [1.29, 1.82) is 0 Å². The Morgan fingerprint density at radius 2 is 1.66 bits per heavy atom. The van der Waals surface area contributed by atoms with Gasteiger partial charge in [0.1, 0.15) is 6.33 Å². The van der Waals surface area contributed by atoms with Gasteiger partial charge in [-0.3, -0.25) is 4.98 Å². The second-order valence-electron chi connectivity index (χ2n) is 8.31. The Labute approximate surface area is 174 Å². The quantitative estimate of drug-likeness (QED) is 0.327. The van der Waals surface area contributed by atoms with Crippen LogP contribution in [0.25, 0.3) is 43.4 Å². The summed E-state index contributed by atoms with van der Waals surface area (Å²) < 4.78 is 1.21. The molecule has 5 aromatic rings. The predicted molar refractivity (Wildman–Crippen MR) is 122 cm³/mol. The summed E-state index contributed by atoms with van der Waals surface area (Å²) in [6, 6.07) is 17.2. The lowest BCUT2D eigenvalue weighted by Gasteiger charge is -2.22. The number of aromatic nitrogens is 3. The molecular weight excluding hydrogens is 374 g/mol. The lowest BCUT2D eigenvalue weighted by molar-refractivity contribution is 0.596. The highest BCUT2D eigenvalue weighted by atomic mass is 32.1. The number of fused-ring (bicyclic) bond motifs is 2. The minimum Gasteiger partial charge on any atom is -0.263 e. The molecule has 0 aliphatic rings. The van der Waals surface area contributed by atoms with Crippen LogP contribution < -0.4 is 0 Å². The van der Waals surface area contributed by atoms with Crippen LogP contribution in [0.3, 0.4) is 0 Å². The molecule has 3 heterocycles. The Balaban J connectivity index is 1.70. The van der Waals surface area contributed by atoms with E-state index in [9.17, 15) is 0 Å². The third-order valence-electron chi connectivity index (χ3n) is 5.27. The number of thiophene rings is 1. The van der Waals surface area contributed by atoms with Crippen molar-refractivity contribution in [3.8, 4) is 22.5 Å². The van der Waals surface area contributed by atoms with Crippen LogP contribution in [-0.2, 0) is 5.41 Å². The molecule has 0 saturated heterocycles. The zero-order chi connectivity index (χ0) is 20.0. The van der Waals surface area contributed by atoms with Crippen LogP contribution >= 0.6 is 11.3 Å². The fourth-order valence-electron chi connectivity index (χ4n) is 3.81. The molecule has 0 amide bonds. The van der Waals surface area contributed by atoms with Crippen molar-refractivity contribution in [3.05, 3.63) is 78.2 Å². The number of pyridine rings is 1. The van der Waals surface area contributed by atoms with Gasteiger partial charge < -0.3 is 0 Å². The van der Waals surface area contributed by atoms with Crippen molar-refractivity contribution in [1.82, 2.24) is 15.0 Å². The molecule has 0 saturated carbocycles. The van der Waals surface area contributed by atoms with Crippen LogP contribution in [-0.4, -0.2) is 15.0 Å². The van der Waals surface area contributed by atoms with Crippen molar-refractivity contribution < 1.29 is 0 Å². The van der Waals surface area contributed by atoms with Gasteiger partial charge in [-0.1, -0.05) is 45.0 Å². The second kappa shape index (κ2) is 6.75. The average molecular weight is 396 g/mol. The third kappa shape index (κ3) is 3.19. The summed E-state index contributed by atoms with van der Waals surface area (Å²) >= 11 is 1.72. The van der Waals surface area contributed by atoms with E-state index in [1.807, 2.05) is 12.4 Å². The zero-order valence-electron chi connectivity index (χ0n) is 16.7. The van der Waals surface area contributed by atoms with Crippen LogP contribution in [0.2, 0.25) is 0 Å². The molecule has 142 valence electrons. The first-order chi connectivity index (χ1) is 14.0. The smallest absolute Gasteiger partial charge is 0.116 e. The Kier molecular flexibility index (Phi) is 4.18. The van der Waals surface area contributed by atoms with E-state index < -0.39 is 0 Å². The molecule has 0 bridgehead atoms. The molecule has 5 rings (SSSR count). The van der Waals surface area contributed by atoms with Gasteiger partial charge in [0.2, 0.25) is 0 Å². The van der Waals surface area contributed by atoms with E-state index in [-0.39, 0.29) is 5.41 Å². The Hall–Kier alpha value is -3.11. The van der Waals surface area contributed by atoms with E-state index in [2.05, 4.69) is 89.6 Å². The number of hydrogen-bond donors (Lipinski definition) is 0. The Morgan fingerprint density at radius 1 is 0.828 bits per heavy atom. The molecule has 2 aromatic carbocycles. The molecule has 0 aliphatic carbocycles. The Morgan fingerprint density at radius 3 is 2.52 bits per heavy atom. The normalized spacial score (nSPS) is 12.0. The van der Waals surface area contributed by atoms with Gasteiger partial charge in [0.25, 0.3) is 0 Å². The molecule has 0 radical (unpaired) electrons. The summed E-state index contributed by atoms with van der Waals surface area (Å²) in [5.74, 6) is 0. The van der Waals surface area contributed by atoms with Crippen molar-refractivity contribution in [2.75, 3.05) is 0 Å². The van der Waals surface area contributed by atoms with Crippen LogP contribution in [0.4, 0.5) is 0 Å². The lowest BCUT2D eigenvalue weighted by Crippen LogP contribution is -2.12. The van der Waals surface area contributed by atoms with Crippen LogP contribution in [0.15, 0.2) is 72.6 Å². The fraction of sp³-hybridized carbons (Fsp3) is 0.160. The molecular formula is C25H21N3S. The van der Waals surface area contributed by atoms with Crippen LogP contribution in [0, 0.1) is 0 Å². The Bertz CT molecular complexity index is 1350. The summed E-state index contributed by atoms with van der Waals surface area (Å²) in [4.78, 5) is 13.6. The van der Waals surface area contributed by atoms with Gasteiger partial charge in [-0.05, 0) is 51.4 Å². The maximum absolute atomic E-state index is 4.60. The number of benzene rings is 2. The molecule has 29 heavy (non-hydrogen) atoms. The van der Waals surface area contributed by atoms with Crippen molar-refractivity contribution in [2.45, 2.75) is 26.2 Å². The minimum absolute atomic E-state index is 0.0396. The van der Waals surface area contributed by atoms with E-state index in [0.29, 0.717) is 0 Å². The molecule has 0 fully saturated rings. The first kappa shape index (κ1) is 18.0. The van der Waals surface area contributed by atoms with E-state index in [1.54, 1.807) is 17.7 Å². The summed E-state index contributed by atoms with van der Waals surface area (Å²) in [5.41, 5.74) is 5.37. The monoisotopic (exact) mass is 395 g/mol. The largest absolute Gasteiger partial charge is 0.263 e. The van der Waals surface area contributed by atoms with Gasteiger partial charge in [0.05, 0.1) is 11.4 Å². The molecule has 3 nitrogen and oxygen atoms in total. The minimum atomic E-state index is 0.0396. The number of rotatable bonds is 2. The number of nitrogens with zero attached hydrogens (tertiary/aromatic N) is 3. The molecule has 0 aliphatic heterocycles. The van der Waals surface area contributed by atoms with Crippen molar-refractivity contribution in [2.24, 2.45) is 0 Å². The summed E-state index contributed by atoms with van der Waals surface area (Å²) in [5, 5.41) is 5.77. The fourth-order valence-corrected chi connectivity index (χ4v) is 4.71. The molecule has 0 N–H and O–H groups in total. The summed E-state index contributed by atoms with van der Waals surface area (Å²) in [6.07, 6.45) is 5.45. The van der Waals surface area contributed by atoms with E-state index in [1.165, 1.54) is 21.0 Å². The highest BCUT2D eigenvalue weighted by Crippen LogP contribution is 2.36. The predicted octanol–water partition coefficient (Wildman–Crippen LogP) is 6.87. The van der Waals surface area contributed by atoms with E-state index in [0.717, 1.165) is 27.9 Å². The van der Waals surface area contributed by atoms with Crippen LogP contribution in [0.5, 0.6) is 0 Å². The van der Waals surface area contributed by atoms with Gasteiger partial charge >= 0.3 is 0 Å². The van der Waals surface area contributed by atoms with Gasteiger partial charge in [-0.2, -0.15) is 0 Å². The van der Waals surface area contributed by atoms with E-state index >= 15 is 0 Å². The third-order valence-corrected chi connectivity index (χ3v) is 6.23. The SMILES string of the molecule is CC(C)(C)c1cc(-c2cc(-c3cncc4ccsc34)ncn2)cc2ccccc12. The number of hydrogen-bond acceptors (Lipinski definition) is 4. The van der Waals surface area contributed by atoms with Gasteiger partial charge in [-0.25, -0.2) is 9.97 Å². The van der Waals surface area contributed by atoms with E-state index in [4.69, 9.17) is 0 Å². The van der Waals surface area contributed by atoms with Crippen LogP contribution in [0.1, 0.15) is 26.3 Å². The maximum atomic E-state index is 4.60. The maximum Gasteiger partial charge on any atom is 0.116 e. The highest BCUT2D eigenvalue weighted by molar-refractivity contribution is 7.17. The van der Waals surface area contributed by atoms with Gasteiger partial charge in [0, 0.05) is 33.6 Å². The molecule has 0 unspecified atom stereocenters. The lowest BCUT2D eigenvalue weighted by atomic mass is 9.82. The summed E-state index contributed by atoms with van der Waals surface area (Å²) in [6.45, 7) is 6.77. The standard InChI is InChI=1S/C25H21N3S/c1-25(2,3)21-11-18(10-16-6-4-5-7-19(16)21)22-12-23(28-15-27-22)20-14-26-13-17-8-9-29-24(17)20/h4-15H,1-3H3. The second-order valence-corrected chi connectivity index (χ2v) is 9.23. The first-order valence-corrected chi connectivity index (χ1v) is 10.6. The summed E-state index contributed by atoms with van der Waals surface area (Å²) in [7, 11) is 0. The molecule has 0 atom stereocenters. The average Bonchev–Trinajstić information content (AvgIpc) is 3.21. The highest BCUT2D eigenvalue weighted by Gasteiger charge is 2.19. The molecule has 3 aromatic heterocycles. The van der Waals surface area contributed by atoms with Gasteiger partial charge in [-0.15, -0.1) is 11.3 Å². The van der Waals surface area contributed by atoms with Gasteiger partial charge in [0.15, 0.2) is 0 Å².